The highest BCUT2D eigenvalue weighted by molar-refractivity contribution is 8.03. The number of hydrogen-bond donors (Lipinski definition) is 0. The van der Waals surface area contributed by atoms with E-state index in [4.69, 9.17) is 9.47 Å². The highest BCUT2D eigenvalue weighted by Crippen LogP contribution is 2.35. The first-order valence-corrected chi connectivity index (χ1v) is 12.7. The molecule has 0 radical (unpaired) electrons. The Balaban J connectivity index is 1.71. The van der Waals surface area contributed by atoms with Gasteiger partial charge in [0, 0.05) is 29.6 Å². The van der Waals surface area contributed by atoms with E-state index < -0.39 is 5.60 Å². The molecule has 158 valence electrons. The van der Waals surface area contributed by atoms with E-state index in [9.17, 15) is 4.79 Å². The minimum atomic E-state index is -0.927. The Morgan fingerprint density at radius 2 is 1.67 bits per heavy atom. The van der Waals surface area contributed by atoms with Crippen LogP contribution in [0.1, 0.15) is 19.4 Å². The third kappa shape index (κ3) is 5.85. The summed E-state index contributed by atoms with van der Waals surface area (Å²) < 4.78 is 11.5. The van der Waals surface area contributed by atoms with Crippen molar-refractivity contribution in [3.63, 3.8) is 0 Å². The Labute approximate surface area is 185 Å². The molecule has 0 bridgehead atoms. The first-order valence-electron chi connectivity index (χ1n) is 10.3. The molecule has 0 N–H and O–H groups in total. The summed E-state index contributed by atoms with van der Waals surface area (Å²) in [7, 11) is 0.576. The second-order valence-electron chi connectivity index (χ2n) is 7.00. The monoisotopic (exact) mass is 440 g/mol. The maximum Gasteiger partial charge on any atom is 0.339 e. The van der Waals surface area contributed by atoms with Crippen LogP contribution in [0.4, 0.5) is 0 Å². The molecule has 0 spiro atoms. The molecule has 0 saturated heterocycles. The van der Waals surface area contributed by atoms with Crippen molar-refractivity contribution in [2.75, 3.05) is 24.9 Å². The first-order chi connectivity index (χ1) is 14.7. The Kier molecular flexibility index (Phi) is 8.74. The second kappa shape index (κ2) is 11.5. The minimum Gasteiger partial charge on any atom is -0.464 e. The van der Waals surface area contributed by atoms with Crippen LogP contribution >= 0.6 is 20.3 Å². The lowest BCUT2D eigenvalue weighted by atomic mass is 9.96. The molecule has 0 aromatic heterocycles. The topological polar surface area (TPSA) is 35.5 Å². The van der Waals surface area contributed by atoms with Crippen molar-refractivity contribution < 1.29 is 14.3 Å². The summed E-state index contributed by atoms with van der Waals surface area (Å²) in [5.74, 6) is -0.252. The Morgan fingerprint density at radius 1 is 0.933 bits per heavy atom. The van der Waals surface area contributed by atoms with Crippen molar-refractivity contribution in [1.82, 2.24) is 0 Å². The van der Waals surface area contributed by atoms with E-state index in [2.05, 4.69) is 42.5 Å². The predicted octanol–water partition coefficient (Wildman–Crippen LogP) is 6.15. The summed E-state index contributed by atoms with van der Waals surface area (Å²) in [5.41, 5.74) is 1.10. The van der Waals surface area contributed by atoms with Gasteiger partial charge in [0.15, 0.2) is 5.60 Å². The third-order valence-electron chi connectivity index (χ3n) is 4.89. The lowest BCUT2D eigenvalue weighted by Crippen LogP contribution is -2.47. The van der Waals surface area contributed by atoms with Gasteiger partial charge in [-0.25, -0.2) is 4.79 Å². The van der Waals surface area contributed by atoms with E-state index in [0.717, 1.165) is 11.1 Å². The quantitative estimate of drug-likeness (QED) is 0.155. The molecule has 3 rings (SSSR count). The Bertz CT molecular complexity index is 942. The highest BCUT2D eigenvalue weighted by Gasteiger charge is 2.40. The van der Waals surface area contributed by atoms with Gasteiger partial charge in [0.05, 0.1) is 6.61 Å². The maximum atomic E-state index is 12.9. The molecule has 0 aliphatic rings. The zero-order valence-electron chi connectivity index (χ0n) is 17.6. The van der Waals surface area contributed by atoms with Crippen molar-refractivity contribution in [2.24, 2.45) is 0 Å². The fourth-order valence-corrected chi connectivity index (χ4v) is 6.27. The van der Waals surface area contributed by atoms with Crippen molar-refractivity contribution >= 4 is 37.1 Å². The van der Waals surface area contributed by atoms with Crippen molar-refractivity contribution in [1.29, 1.82) is 0 Å². The SMILES string of the molecule is CCOC(=O)C(CPCSc1cccc2ccccc12)(Cc1ccccc1)OCC. The molecule has 30 heavy (non-hydrogen) atoms. The standard InChI is InChI=1S/C25H29O3PS/c1-3-27-24(26)25(28-4-2,17-20-11-6-5-7-12-20)18-29-19-30-23-16-10-14-21-13-8-9-15-22(21)23/h5-16,29H,3-4,17-19H2,1-2H3. The number of esters is 1. The molecule has 5 heteroatoms. The molecule has 0 amide bonds. The molecule has 0 saturated carbocycles. The molecular weight excluding hydrogens is 411 g/mol. The lowest BCUT2D eigenvalue weighted by Gasteiger charge is -2.31. The zero-order valence-corrected chi connectivity index (χ0v) is 19.4. The number of fused-ring (bicyclic) bond motifs is 1. The molecule has 0 aliphatic carbocycles. The van der Waals surface area contributed by atoms with Gasteiger partial charge in [-0.2, -0.15) is 0 Å². The summed E-state index contributed by atoms with van der Waals surface area (Å²) >= 11 is 1.84. The van der Waals surface area contributed by atoms with Crippen LogP contribution in [0.15, 0.2) is 77.7 Å². The fourth-order valence-electron chi connectivity index (χ4n) is 3.54. The molecule has 0 aliphatic heterocycles. The molecule has 3 nitrogen and oxygen atoms in total. The van der Waals surface area contributed by atoms with Crippen molar-refractivity contribution in [3.8, 4) is 0 Å². The molecule has 2 unspecified atom stereocenters. The second-order valence-corrected chi connectivity index (χ2v) is 9.74. The van der Waals surface area contributed by atoms with Crippen LogP contribution in [-0.4, -0.2) is 36.4 Å². The maximum absolute atomic E-state index is 12.9. The molecule has 2 atom stereocenters. The van der Waals surface area contributed by atoms with Gasteiger partial charge in [-0.05, 0) is 36.2 Å². The predicted molar refractivity (Wildman–Crippen MR) is 129 cm³/mol. The van der Waals surface area contributed by atoms with E-state index >= 15 is 0 Å². The van der Waals surface area contributed by atoms with Gasteiger partial charge in [-0.15, -0.1) is 20.3 Å². The molecule has 0 heterocycles. The van der Waals surface area contributed by atoms with Crippen LogP contribution in [0.2, 0.25) is 0 Å². The van der Waals surface area contributed by atoms with Gasteiger partial charge in [0.2, 0.25) is 0 Å². The smallest absolute Gasteiger partial charge is 0.339 e. The molecular formula is C25H29O3PS. The van der Waals surface area contributed by atoms with Gasteiger partial charge in [0.25, 0.3) is 0 Å². The van der Waals surface area contributed by atoms with E-state index in [0.29, 0.717) is 34.4 Å². The van der Waals surface area contributed by atoms with Crippen molar-refractivity contribution in [3.05, 3.63) is 78.4 Å². The number of hydrogen-bond acceptors (Lipinski definition) is 4. The fraction of sp³-hybridized carbons (Fsp3) is 0.320. The van der Waals surface area contributed by atoms with Crippen LogP contribution in [0.25, 0.3) is 10.8 Å². The average molecular weight is 441 g/mol. The Hall–Kier alpha value is -1.87. The number of carbonyl (C=O) groups is 1. The van der Waals surface area contributed by atoms with Gasteiger partial charge >= 0.3 is 5.97 Å². The molecule has 3 aromatic rings. The Morgan fingerprint density at radius 3 is 2.43 bits per heavy atom. The number of benzene rings is 3. The van der Waals surface area contributed by atoms with Crippen LogP contribution < -0.4 is 0 Å². The van der Waals surface area contributed by atoms with E-state index in [1.165, 1.54) is 15.7 Å². The largest absolute Gasteiger partial charge is 0.464 e. The van der Waals surface area contributed by atoms with Crippen LogP contribution in [0, 0.1) is 0 Å². The third-order valence-corrected chi connectivity index (χ3v) is 7.77. The highest BCUT2D eigenvalue weighted by atomic mass is 32.2. The van der Waals surface area contributed by atoms with E-state index in [-0.39, 0.29) is 5.97 Å². The van der Waals surface area contributed by atoms with E-state index in [1.54, 1.807) is 0 Å². The molecule has 3 aromatic carbocycles. The lowest BCUT2D eigenvalue weighted by molar-refractivity contribution is -0.168. The van der Waals surface area contributed by atoms with Gasteiger partial charge < -0.3 is 9.47 Å². The minimum absolute atomic E-state index is 0.252. The van der Waals surface area contributed by atoms with Crippen LogP contribution in [0.3, 0.4) is 0 Å². The summed E-state index contributed by atoms with van der Waals surface area (Å²) in [6.45, 7) is 4.62. The number of carbonyl (C=O) groups excluding carboxylic acids is 1. The average Bonchev–Trinajstić information content (AvgIpc) is 2.77. The summed E-state index contributed by atoms with van der Waals surface area (Å²) in [6.07, 6.45) is 1.19. The summed E-state index contributed by atoms with van der Waals surface area (Å²) in [5, 5.41) is 2.53. The number of thioether (sulfide) groups is 1. The van der Waals surface area contributed by atoms with Gasteiger partial charge in [-0.1, -0.05) is 66.7 Å². The van der Waals surface area contributed by atoms with E-state index in [1.807, 2.05) is 55.9 Å². The first kappa shape index (κ1) is 22.8. The molecule has 0 fully saturated rings. The summed E-state index contributed by atoms with van der Waals surface area (Å²) in [4.78, 5) is 14.2. The number of ether oxygens (including phenoxy) is 2. The normalized spacial score (nSPS) is 13.5. The number of rotatable bonds is 11. The van der Waals surface area contributed by atoms with Crippen molar-refractivity contribution in [2.45, 2.75) is 30.8 Å². The van der Waals surface area contributed by atoms with Gasteiger partial charge in [0.1, 0.15) is 0 Å². The van der Waals surface area contributed by atoms with Crippen LogP contribution in [0.5, 0.6) is 0 Å². The summed E-state index contributed by atoms with van der Waals surface area (Å²) in [6, 6.07) is 24.9. The van der Waals surface area contributed by atoms with Crippen LogP contribution in [-0.2, 0) is 20.7 Å². The van der Waals surface area contributed by atoms with Gasteiger partial charge in [-0.3, -0.25) is 0 Å². The zero-order chi connectivity index (χ0) is 21.2.